The molecule has 0 radical (unpaired) electrons. The van der Waals surface area contributed by atoms with E-state index in [1.54, 1.807) is 0 Å². The summed E-state index contributed by atoms with van der Waals surface area (Å²) < 4.78 is 0.991. The maximum atomic E-state index is 4.59. The first kappa shape index (κ1) is 16.5. The van der Waals surface area contributed by atoms with Gasteiger partial charge in [0, 0.05) is 21.9 Å². The Kier molecular flexibility index (Phi) is 4.81. The molecule has 2 aromatic carbocycles. The highest BCUT2D eigenvalue weighted by molar-refractivity contribution is 9.10. The minimum atomic E-state index is 0.585. The van der Waals surface area contributed by atoms with E-state index in [0.717, 1.165) is 27.4 Å². The lowest BCUT2D eigenvalue weighted by Gasteiger charge is -2.13. The summed E-state index contributed by atoms with van der Waals surface area (Å²) in [6, 6.07) is 16.1. The van der Waals surface area contributed by atoms with Crippen molar-refractivity contribution in [3.8, 4) is 0 Å². The quantitative estimate of drug-likeness (QED) is 0.611. The number of nitrogens with one attached hydrogen (secondary N) is 2. The minimum Gasteiger partial charge on any atom is -0.339 e. The number of aryl methyl sites for hydroxylation is 3. The molecule has 0 aliphatic heterocycles. The molecule has 0 saturated heterocycles. The Hall–Kier alpha value is -2.40. The second kappa shape index (κ2) is 7.01. The van der Waals surface area contributed by atoms with Gasteiger partial charge in [-0.05, 0) is 60.0 Å². The van der Waals surface area contributed by atoms with E-state index in [4.69, 9.17) is 0 Å². The zero-order valence-corrected chi connectivity index (χ0v) is 15.5. The van der Waals surface area contributed by atoms with Crippen LogP contribution in [-0.2, 0) is 0 Å². The first-order valence-electron chi connectivity index (χ1n) is 7.73. The number of hydrogen-bond donors (Lipinski definition) is 2. The molecule has 2 N–H and O–H groups in total. The summed E-state index contributed by atoms with van der Waals surface area (Å²) >= 11 is 3.54. The highest BCUT2D eigenvalue weighted by atomic mass is 79.9. The van der Waals surface area contributed by atoms with E-state index in [1.165, 1.54) is 11.1 Å². The molecule has 0 atom stereocenters. The SMILES string of the molecule is Cc1cc(Nc2ccccc2Br)nc(Nc2c(C)cccc2C)n1. The third-order valence-electron chi connectivity index (χ3n) is 3.71. The molecule has 0 aliphatic rings. The topological polar surface area (TPSA) is 49.8 Å². The number of rotatable bonds is 4. The Morgan fingerprint density at radius 3 is 2.25 bits per heavy atom. The van der Waals surface area contributed by atoms with E-state index in [2.05, 4.69) is 62.5 Å². The van der Waals surface area contributed by atoms with Gasteiger partial charge in [0.1, 0.15) is 5.82 Å². The number of hydrogen-bond acceptors (Lipinski definition) is 4. The summed E-state index contributed by atoms with van der Waals surface area (Å²) in [5.74, 6) is 1.34. The van der Waals surface area contributed by atoms with Crippen LogP contribution in [0.1, 0.15) is 16.8 Å². The Morgan fingerprint density at radius 1 is 0.833 bits per heavy atom. The lowest BCUT2D eigenvalue weighted by Crippen LogP contribution is -2.04. The third kappa shape index (κ3) is 3.74. The maximum absolute atomic E-state index is 4.59. The Balaban J connectivity index is 1.91. The Labute approximate surface area is 150 Å². The molecule has 1 heterocycles. The minimum absolute atomic E-state index is 0.585. The molecule has 0 aliphatic carbocycles. The van der Waals surface area contributed by atoms with Gasteiger partial charge in [-0.1, -0.05) is 30.3 Å². The van der Waals surface area contributed by atoms with E-state index in [9.17, 15) is 0 Å². The monoisotopic (exact) mass is 382 g/mol. The van der Waals surface area contributed by atoms with Crippen molar-refractivity contribution in [3.05, 3.63) is 69.8 Å². The first-order valence-corrected chi connectivity index (χ1v) is 8.53. The van der Waals surface area contributed by atoms with Crippen molar-refractivity contribution >= 4 is 39.1 Å². The standard InChI is InChI=1S/C19H19BrN4/c1-12-7-6-8-13(2)18(12)24-19-21-14(3)11-17(23-19)22-16-10-5-4-9-15(16)20/h4-11H,1-3H3,(H2,21,22,23,24). The van der Waals surface area contributed by atoms with Crippen LogP contribution in [0.5, 0.6) is 0 Å². The molecule has 0 unspecified atom stereocenters. The van der Waals surface area contributed by atoms with E-state index < -0.39 is 0 Å². The van der Waals surface area contributed by atoms with Gasteiger partial charge in [0.05, 0.1) is 5.69 Å². The summed E-state index contributed by atoms with van der Waals surface area (Å²) in [5.41, 5.74) is 5.25. The van der Waals surface area contributed by atoms with Gasteiger partial charge in [-0.15, -0.1) is 0 Å². The van der Waals surface area contributed by atoms with Crippen molar-refractivity contribution in [1.29, 1.82) is 0 Å². The largest absolute Gasteiger partial charge is 0.339 e. The third-order valence-corrected chi connectivity index (χ3v) is 4.40. The van der Waals surface area contributed by atoms with Crippen LogP contribution in [0.4, 0.5) is 23.1 Å². The second-order valence-corrected chi connectivity index (χ2v) is 6.57. The molecule has 1 aromatic heterocycles. The average molecular weight is 383 g/mol. The summed E-state index contributed by atoms with van der Waals surface area (Å²) in [6.07, 6.45) is 0. The predicted molar refractivity (Wildman–Crippen MR) is 103 cm³/mol. The first-order chi connectivity index (χ1) is 11.5. The van der Waals surface area contributed by atoms with E-state index in [0.29, 0.717) is 5.95 Å². The summed E-state index contributed by atoms with van der Waals surface area (Å²) in [7, 11) is 0. The van der Waals surface area contributed by atoms with E-state index in [-0.39, 0.29) is 0 Å². The fourth-order valence-corrected chi connectivity index (χ4v) is 2.90. The molecule has 0 bridgehead atoms. The van der Waals surface area contributed by atoms with Crippen molar-refractivity contribution < 1.29 is 0 Å². The van der Waals surface area contributed by atoms with Crippen molar-refractivity contribution in [1.82, 2.24) is 9.97 Å². The summed E-state index contributed by atoms with van der Waals surface area (Å²) in [4.78, 5) is 9.09. The molecular formula is C19H19BrN4. The lowest BCUT2D eigenvalue weighted by atomic mass is 10.1. The summed E-state index contributed by atoms with van der Waals surface area (Å²) in [5, 5.41) is 6.68. The van der Waals surface area contributed by atoms with Gasteiger partial charge in [0.25, 0.3) is 0 Å². The van der Waals surface area contributed by atoms with Gasteiger partial charge in [-0.2, -0.15) is 4.98 Å². The molecule has 3 aromatic rings. The number of nitrogens with zero attached hydrogens (tertiary/aromatic N) is 2. The Bertz CT molecular complexity index is 857. The molecule has 0 saturated carbocycles. The van der Waals surface area contributed by atoms with Crippen molar-refractivity contribution in [3.63, 3.8) is 0 Å². The molecule has 4 nitrogen and oxygen atoms in total. The van der Waals surface area contributed by atoms with Crippen molar-refractivity contribution in [2.75, 3.05) is 10.6 Å². The zero-order valence-electron chi connectivity index (χ0n) is 13.9. The van der Waals surface area contributed by atoms with Gasteiger partial charge in [-0.25, -0.2) is 4.98 Å². The predicted octanol–water partition coefficient (Wildman–Crippen LogP) is 5.65. The molecule has 0 amide bonds. The molecule has 0 spiro atoms. The molecule has 122 valence electrons. The average Bonchev–Trinajstić information content (AvgIpc) is 2.53. The molecule has 5 heteroatoms. The lowest BCUT2D eigenvalue weighted by molar-refractivity contribution is 1.10. The van der Waals surface area contributed by atoms with E-state index >= 15 is 0 Å². The van der Waals surface area contributed by atoms with Crippen LogP contribution in [0, 0.1) is 20.8 Å². The maximum Gasteiger partial charge on any atom is 0.229 e. The van der Waals surface area contributed by atoms with Crippen LogP contribution in [0.25, 0.3) is 0 Å². The molecule has 3 rings (SSSR count). The van der Waals surface area contributed by atoms with Crippen LogP contribution in [-0.4, -0.2) is 9.97 Å². The van der Waals surface area contributed by atoms with Crippen molar-refractivity contribution in [2.24, 2.45) is 0 Å². The number of halogens is 1. The normalized spacial score (nSPS) is 10.5. The number of para-hydroxylation sites is 2. The number of benzene rings is 2. The van der Waals surface area contributed by atoms with Gasteiger partial charge >= 0.3 is 0 Å². The summed E-state index contributed by atoms with van der Waals surface area (Å²) in [6.45, 7) is 6.11. The van der Waals surface area contributed by atoms with Crippen molar-refractivity contribution in [2.45, 2.75) is 20.8 Å². The van der Waals surface area contributed by atoms with Crippen LogP contribution in [0.2, 0.25) is 0 Å². The molecular weight excluding hydrogens is 364 g/mol. The number of aromatic nitrogens is 2. The zero-order chi connectivity index (χ0) is 17.1. The highest BCUT2D eigenvalue weighted by Crippen LogP contribution is 2.27. The number of anilines is 4. The molecule has 24 heavy (non-hydrogen) atoms. The van der Waals surface area contributed by atoms with Gasteiger partial charge in [0.2, 0.25) is 5.95 Å². The van der Waals surface area contributed by atoms with Gasteiger partial charge in [-0.3, -0.25) is 0 Å². The van der Waals surface area contributed by atoms with Crippen LogP contribution >= 0.6 is 15.9 Å². The molecule has 0 fully saturated rings. The fourth-order valence-electron chi connectivity index (χ4n) is 2.51. The smallest absolute Gasteiger partial charge is 0.229 e. The van der Waals surface area contributed by atoms with Gasteiger partial charge in [0.15, 0.2) is 0 Å². The van der Waals surface area contributed by atoms with E-state index in [1.807, 2.05) is 43.3 Å². The fraction of sp³-hybridized carbons (Fsp3) is 0.158. The van der Waals surface area contributed by atoms with Crippen LogP contribution in [0.15, 0.2) is 53.0 Å². The van der Waals surface area contributed by atoms with Crippen LogP contribution < -0.4 is 10.6 Å². The Morgan fingerprint density at radius 2 is 1.54 bits per heavy atom. The van der Waals surface area contributed by atoms with Crippen LogP contribution in [0.3, 0.4) is 0 Å². The van der Waals surface area contributed by atoms with Gasteiger partial charge < -0.3 is 10.6 Å². The highest BCUT2D eigenvalue weighted by Gasteiger charge is 2.08. The second-order valence-electron chi connectivity index (χ2n) is 5.71.